The molecule has 3 rings (SSSR count). The van der Waals surface area contributed by atoms with Crippen molar-refractivity contribution in [3.05, 3.63) is 11.9 Å². The summed E-state index contributed by atoms with van der Waals surface area (Å²) in [6, 6.07) is 0.534. The van der Waals surface area contributed by atoms with Gasteiger partial charge >= 0.3 is 5.97 Å². The van der Waals surface area contributed by atoms with Crippen LogP contribution in [0.15, 0.2) is 6.20 Å². The number of aromatic nitrogens is 2. The van der Waals surface area contributed by atoms with Gasteiger partial charge in [0.2, 0.25) is 0 Å². The van der Waals surface area contributed by atoms with Crippen molar-refractivity contribution in [2.24, 2.45) is 0 Å². The quantitative estimate of drug-likeness (QED) is 0.807. The predicted octanol–water partition coefficient (Wildman–Crippen LogP) is 0.408. The van der Waals surface area contributed by atoms with Crippen molar-refractivity contribution in [1.29, 1.82) is 0 Å². The number of hydrogen-bond donors (Lipinski definition) is 1. The number of aliphatic carboxylic acids is 1. The Labute approximate surface area is 98.2 Å². The van der Waals surface area contributed by atoms with E-state index in [1.54, 1.807) is 0 Å². The summed E-state index contributed by atoms with van der Waals surface area (Å²) in [5.41, 5.74) is -0.304. The van der Waals surface area contributed by atoms with Gasteiger partial charge in [-0.05, 0) is 12.8 Å². The second-order valence-corrected chi connectivity index (χ2v) is 4.45. The fourth-order valence-corrected chi connectivity index (χ4v) is 2.44. The summed E-state index contributed by atoms with van der Waals surface area (Å²) in [5.74, 6) is -0.822. The van der Waals surface area contributed by atoms with E-state index in [0.717, 1.165) is 6.54 Å². The third kappa shape index (κ3) is 1.51. The van der Waals surface area contributed by atoms with Crippen molar-refractivity contribution in [3.8, 4) is 6.01 Å². The summed E-state index contributed by atoms with van der Waals surface area (Å²) in [6.45, 7) is 2.30. The SMILES string of the molecule is O=C(O)C1(c2cn3c(n2)OCC3)CCOCC1. The molecular formula is C11H14N2O4. The molecule has 1 saturated heterocycles. The van der Waals surface area contributed by atoms with E-state index in [1.807, 2.05) is 10.8 Å². The van der Waals surface area contributed by atoms with Gasteiger partial charge in [0.15, 0.2) is 0 Å². The van der Waals surface area contributed by atoms with Crippen LogP contribution in [-0.4, -0.2) is 40.4 Å². The molecule has 3 heterocycles. The van der Waals surface area contributed by atoms with E-state index in [1.165, 1.54) is 0 Å². The van der Waals surface area contributed by atoms with Crippen LogP contribution in [-0.2, 0) is 21.5 Å². The molecule has 0 unspecified atom stereocenters. The minimum atomic E-state index is -0.904. The van der Waals surface area contributed by atoms with Crippen molar-refractivity contribution in [3.63, 3.8) is 0 Å². The van der Waals surface area contributed by atoms with Gasteiger partial charge in [-0.15, -0.1) is 0 Å². The zero-order valence-corrected chi connectivity index (χ0v) is 9.39. The highest BCUT2D eigenvalue weighted by atomic mass is 16.5. The zero-order valence-electron chi connectivity index (χ0n) is 9.39. The van der Waals surface area contributed by atoms with Gasteiger partial charge in [0.05, 0.1) is 12.2 Å². The van der Waals surface area contributed by atoms with E-state index < -0.39 is 11.4 Å². The Morgan fingerprint density at radius 1 is 1.41 bits per heavy atom. The summed E-state index contributed by atoms with van der Waals surface area (Å²) in [5, 5.41) is 9.49. The molecule has 0 amide bonds. The number of hydrogen-bond acceptors (Lipinski definition) is 4. The van der Waals surface area contributed by atoms with Crippen molar-refractivity contribution in [2.45, 2.75) is 24.8 Å². The molecule has 0 bridgehead atoms. The van der Waals surface area contributed by atoms with Crippen LogP contribution in [0, 0.1) is 0 Å². The fraction of sp³-hybridized carbons (Fsp3) is 0.636. The summed E-state index contributed by atoms with van der Waals surface area (Å²) in [6.07, 6.45) is 2.75. The average Bonchev–Trinajstić information content (AvgIpc) is 2.89. The number of carboxylic acids is 1. The standard InChI is InChI=1S/C11H14N2O4/c14-9(15)11(1-4-16-5-2-11)8-7-13-3-6-17-10(13)12-8/h7H,1-6H2,(H,14,15). The minimum absolute atomic E-state index is 0.468. The summed E-state index contributed by atoms with van der Waals surface area (Å²) >= 11 is 0. The first-order valence-electron chi connectivity index (χ1n) is 5.74. The van der Waals surface area contributed by atoms with E-state index in [2.05, 4.69) is 4.98 Å². The summed E-state index contributed by atoms with van der Waals surface area (Å²) in [4.78, 5) is 15.9. The number of carboxylic acid groups (broad SMARTS) is 1. The number of ether oxygens (including phenoxy) is 2. The number of fused-ring (bicyclic) bond motifs is 1. The number of rotatable bonds is 2. The molecule has 2 aliphatic heterocycles. The van der Waals surface area contributed by atoms with Crippen molar-refractivity contribution >= 4 is 5.97 Å². The maximum atomic E-state index is 11.6. The van der Waals surface area contributed by atoms with E-state index in [0.29, 0.717) is 44.4 Å². The van der Waals surface area contributed by atoms with Crippen LogP contribution in [0.2, 0.25) is 0 Å². The second-order valence-electron chi connectivity index (χ2n) is 4.45. The molecule has 0 aliphatic carbocycles. The lowest BCUT2D eigenvalue weighted by Crippen LogP contribution is -2.41. The number of carbonyl (C=O) groups is 1. The van der Waals surface area contributed by atoms with E-state index in [4.69, 9.17) is 9.47 Å². The van der Waals surface area contributed by atoms with Gasteiger partial charge in [-0.25, -0.2) is 0 Å². The van der Waals surface area contributed by atoms with Crippen molar-refractivity contribution in [1.82, 2.24) is 9.55 Å². The average molecular weight is 238 g/mol. The molecule has 0 radical (unpaired) electrons. The number of nitrogens with zero attached hydrogens (tertiary/aromatic N) is 2. The van der Waals surface area contributed by atoms with Crippen LogP contribution >= 0.6 is 0 Å². The van der Waals surface area contributed by atoms with Gasteiger partial charge < -0.3 is 14.6 Å². The predicted molar refractivity (Wildman–Crippen MR) is 57.1 cm³/mol. The van der Waals surface area contributed by atoms with Crippen LogP contribution < -0.4 is 4.74 Å². The highest BCUT2D eigenvalue weighted by Gasteiger charge is 2.44. The molecule has 1 N–H and O–H groups in total. The lowest BCUT2D eigenvalue weighted by molar-refractivity contribution is -0.148. The molecule has 92 valence electrons. The molecule has 0 atom stereocenters. The molecule has 17 heavy (non-hydrogen) atoms. The molecule has 0 aromatic carbocycles. The fourth-order valence-electron chi connectivity index (χ4n) is 2.44. The van der Waals surface area contributed by atoms with Crippen LogP contribution in [0.3, 0.4) is 0 Å². The molecule has 6 nitrogen and oxygen atoms in total. The van der Waals surface area contributed by atoms with Gasteiger partial charge in [-0.3, -0.25) is 9.36 Å². The van der Waals surface area contributed by atoms with Crippen molar-refractivity contribution in [2.75, 3.05) is 19.8 Å². The van der Waals surface area contributed by atoms with Gasteiger partial charge in [0, 0.05) is 19.4 Å². The lowest BCUT2D eigenvalue weighted by Gasteiger charge is -2.31. The van der Waals surface area contributed by atoms with Crippen LogP contribution in [0.25, 0.3) is 0 Å². The second kappa shape index (κ2) is 3.73. The first-order chi connectivity index (χ1) is 8.22. The third-order valence-electron chi connectivity index (χ3n) is 3.55. The molecule has 1 aromatic rings. The van der Waals surface area contributed by atoms with E-state index >= 15 is 0 Å². The smallest absolute Gasteiger partial charge is 0.315 e. The van der Waals surface area contributed by atoms with Crippen LogP contribution in [0.4, 0.5) is 0 Å². The Bertz CT molecular complexity index is 427. The first-order valence-corrected chi connectivity index (χ1v) is 5.74. The molecule has 2 aliphatic rings. The van der Waals surface area contributed by atoms with Gasteiger partial charge in [0.1, 0.15) is 12.0 Å². The van der Waals surface area contributed by atoms with E-state index in [-0.39, 0.29) is 0 Å². The van der Waals surface area contributed by atoms with E-state index in [9.17, 15) is 9.90 Å². The summed E-state index contributed by atoms with van der Waals surface area (Å²) in [7, 11) is 0. The molecule has 0 spiro atoms. The topological polar surface area (TPSA) is 73.6 Å². The lowest BCUT2D eigenvalue weighted by atomic mass is 9.77. The first kappa shape index (κ1) is 10.6. The Hall–Kier alpha value is -1.56. The van der Waals surface area contributed by atoms with Gasteiger partial charge in [-0.2, -0.15) is 4.98 Å². The molecular weight excluding hydrogens is 224 g/mol. The maximum Gasteiger partial charge on any atom is 0.315 e. The van der Waals surface area contributed by atoms with Gasteiger partial charge in [-0.1, -0.05) is 0 Å². The molecule has 6 heteroatoms. The highest BCUT2D eigenvalue weighted by molar-refractivity contribution is 5.80. The summed E-state index contributed by atoms with van der Waals surface area (Å²) < 4.78 is 12.4. The largest absolute Gasteiger partial charge is 0.481 e. The monoisotopic (exact) mass is 238 g/mol. The zero-order chi connectivity index (χ0) is 11.9. The Morgan fingerprint density at radius 2 is 2.18 bits per heavy atom. The maximum absolute atomic E-state index is 11.6. The van der Waals surface area contributed by atoms with Crippen molar-refractivity contribution < 1.29 is 19.4 Å². The number of imidazole rings is 1. The Morgan fingerprint density at radius 3 is 2.82 bits per heavy atom. The van der Waals surface area contributed by atoms with Crippen LogP contribution in [0.5, 0.6) is 6.01 Å². The van der Waals surface area contributed by atoms with Gasteiger partial charge in [0.25, 0.3) is 6.01 Å². The molecule has 1 aromatic heterocycles. The minimum Gasteiger partial charge on any atom is -0.481 e. The molecule has 0 saturated carbocycles. The Balaban J connectivity index is 2.00. The van der Waals surface area contributed by atoms with Crippen LogP contribution in [0.1, 0.15) is 18.5 Å². The molecule has 1 fully saturated rings. The third-order valence-corrected chi connectivity index (χ3v) is 3.55. The highest BCUT2D eigenvalue weighted by Crippen LogP contribution is 2.36. The Kier molecular flexibility index (Phi) is 2.32. The normalized spacial score (nSPS) is 21.9.